The van der Waals surface area contributed by atoms with Crippen LogP contribution in [0.3, 0.4) is 0 Å². The number of anilines is 1. The van der Waals surface area contributed by atoms with E-state index in [9.17, 15) is 14.9 Å². The van der Waals surface area contributed by atoms with Gasteiger partial charge in [0, 0.05) is 35.3 Å². The van der Waals surface area contributed by atoms with Gasteiger partial charge in [0.15, 0.2) is 5.84 Å². The van der Waals surface area contributed by atoms with Gasteiger partial charge in [-0.3, -0.25) is 14.9 Å². The normalized spacial score (nSPS) is 18.1. The molecular weight excluding hydrogens is 431 g/mol. The molecule has 0 aromatic heterocycles. The molecule has 2 aliphatic heterocycles. The van der Waals surface area contributed by atoms with E-state index in [2.05, 4.69) is 5.10 Å². The highest BCUT2D eigenvalue weighted by atomic mass is 35.5. The van der Waals surface area contributed by atoms with Gasteiger partial charge in [0.1, 0.15) is 0 Å². The Balaban J connectivity index is 1.74. The number of hydrogen-bond acceptors (Lipinski definition) is 6. The third-order valence-corrected chi connectivity index (χ3v) is 5.30. The zero-order valence-electron chi connectivity index (χ0n) is 15.6. The molecule has 4 rings (SSSR count). The van der Waals surface area contributed by atoms with Crippen LogP contribution in [0.25, 0.3) is 6.08 Å². The van der Waals surface area contributed by atoms with Crippen molar-refractivity contribution in [1.29, 1.82) is 0 Å². The van der Waals surface area contributed by atoms with E-state index in [4.69, 9.17) is 27.9 Å². The first kappa shape index (κ1) is 20.3. The maximum atomic E-state index is 13.2. The SMILES string of the molecule is O=C1/C(=C/c2ccc(Cl)cc2Cl)C(N2CCOCC2)=NN1c1ccc([N+](=O)[O-])cc1. The highest BCUT2D eigenvalue weighted by Gasteiger charge is 2.35. The van der Waals surface area contributed by atoms with Crippen LogP contribution < -0.4 is 5.01 Å². The topological polar surface area (TPSA) is 88.3 Å². The lowest BCUT2D eigenvalue weighted by atomic mass is 10.1. The molecule has 2 heterocycles. The molecule has 2 aliphatic rings. The van der Waals surface area contributed by atoms with Gasteiger partial charge in [0.25, 0.3) is 11.6 Å². The van der Waals surface area contributed by atoms with Crippen molar-refractivity contribution < 1.29 is 14.5 Å². The number of ether oxygens (including phenoxy) is 1. The van der Waals surface area contributed by atoms with Crippen molar-refractivity contribution in [2.75, 3.05) is 31.3 Å². The van der Waals surface area contributed by atoms with Crippen molar-refractivity contribution in [2.45, 2.75) is 0 Å². The Morgan fingerprint density at radius 3 is 2.43 bits per heavy atom. The molecule has 0 unspecified atom stereocenters. The molecule has 0 atom stereocenters. The average molecular weight is 447 g/mol. The Bertz CT molecular complexity index is 1060. The van der Waals surface area contributed by atoms with E-state index in [1.807, 2.05) is 4.90 Å². The molecular formula is C20H16Cl2N4O4. The van der Waals surface area contributed by atoms with E-state index >= 15 is 0 Å². The van der Waals surface area contributed by atoms with Crippen molar-refractivity contribution in [2.24, 2.45) is 5.10 Å². The number of halogens is 2. The molecule has 0 bridgehead atoms. The number of amides is 1. The van der Waals surface area contributed by atoms with Crippen LogP contribution >= 0.6 is 23.2 Å². The highest BCUT2D eigenvalue weighted by molar-refractivity contribution is 6.36. The molecule has 1 saturated heterocycles. The molecule has 2 aromatic rings. The number of carbonyl (C=O) groups excluding carboxylic acids is 1. The predicted octanol–water partition coefficient (Wildman–Crippen LogP) is 3.98. The number of non-ortho nitro benzene ring substituents is 1. The zero-order valence-corrected chi connectivity index (χ0v) is 17.1. The molecule has 0 N–H and O–H groups in total. The molecule has 1 fully saturated rings. The Kier molecular flexibility index (Phi) is 5.72. The molecule has 8 nitrogen and oxygen atoms in total. The van der Waals surface area contributed by atoms with Crippen molar-refractivity contribution >= 4 is 52.4 Å². The van der Waals surface area contributed by atoms with Crippen LogP contribution in [0.1, 0.15) is 5.56 Å². The van der Waals surface area contributed by atoms with Crippen molar-refractivity contribution in [3.8, 4) is 0 Å². The van der Waals surface area contributed by atoms with Crippen LogP contribution in [-0.2, 0) is 9.53 Å². The first-order chi connectivity index (χ1) is 14.4. The van der Waals surface area contributed by atoms with Gasteiger partial charge in [0.05, 0.1) is 29.4 Å². The molecule has 0 saturated carbocycles. The van der Waals surface area contributed by atoms with Crippen LogP contribution in [0.4, 0.5) is 11.4 Å². The lowest BCUT2D eigenvalue weighted by Crippen LogP contribution is -2.41. The van der Waals surface area contributed by atoms with Crippen molar-refractivity contribution in [1.82, 2.24) is 4.90 Å². The summed E-state index contributed by atoms with van der Waals surface area (Å²) in [5.41, 5.74) is 1.38. The minimum absolute atomic E-state index is 0.0634. The number of hydrogen-bond donors (Lipinski definition) is 0. The second kappa shape index (κ2) is 8.43. The van der Waals surface area contributed by atoms with E-state index in [1.165, 1.54) is 29.3 Å². The molecule has 1 amide bonds. The minimum atomic E-state index is -0.494. The van der Waals surface area contributed by atoms with E-state index in [0.29, 0.717) is 59.0 Å². The van der Waals surface area contributed by atoms with Gasteiger partial charge in [-0.1, -0.05) is 29.3 Å². The Morgan fingerprint density at radius 2 is 1.80 bits per heavy atom. The Morgan fingerprint density at radius 1 is 1.10 bits per heavy atom. The van der Waals surface area contributed by atoms with Gasteiger partial charge in [0.2, 0.25) is 0 Å². The first-order valence-corrected chi connectivity index (χ1v) is 9.87. The van der Waals surface area contributed by atoms with Crippen LogP contribution in [0.5, 0.6) is 0 Å². The number of nitro groups is 1. The summed E-state index contributed by atoms with van der Waals surface area (Å²) in [5.74, 6) is 0.157. The summed E-state index contributed by atoms with van der Waals surface area (Å²) >= 11 is 12.3. The lowest BCUT2D eigenvalue weighted by molar-refractivity contribution is -0.384. The third-order valence-electron chi connectivity index (χ3n) is 4.74. The minimum Gasteiger partial charge on any atom is -0.378 e. The molecule has 0 aliphatic carbocycles. The van der Waals surface area contributed by atoms with Gasteiger partial charge in [-0.2, -0.15) is 5.01 Å². The number of amidine groups is 1. The second-order valence-corrected chi connectivity index (χ2v) is 7.48. The average Bonchev–Trinajstić information content (AvgIpc) is 3.07. The van der Waals surface area contributed by atoms with Gasteiger partial charge < -0.3 is 9.64 Å². The lowest BCUT2D eigenvalue weighted by Gasteiger charge is -2.28. The van der Waals surface area contributed by atoms with Crippen LogP contribution in [0.2, 0.25) is 10.0 Å². The number of rotatable bonds is 3. The van der Waals surface area contributed by atoms with E-state index in [1.54, 1.807) is 24.3 Å². The van der Waals surface area contributed by atoms with Gasteiger partial charge in [-0.05, 0) is 35.9 Å². The fourth-order valence-electron chi connectivity index (χ4n) is 3.20. The summed E-state index contributed by atoms with van der Waals surface area (Å²) in [4.78, 5) is 25.6. The third kappa shape index (κ3) is 4.02. The summed E-state index contributed by atoms with van der Waals surface area (Å²) < 4.78 is 5.40. The van der Waals surface area contributed by atoms with Crippen molar-refractivity contribution in [3.63, 3.8) is 0 Å². The van der Waals surface area contributed by atoms with Crippen LogP contribution in [0.15, 0.2) is 53.1 Å². The van der Waals surface area contributed by atoms with Gasteiger partial charge in [-0.25, -0.2) is 0 Å². The molecule has 2 aromatic carbocycles. The quantitative estimate of drug-likeness (QED) is 0.404. The molecule has 10 heteroatoms. The van der Waals surface area contributed by atoms with Crippen LogP contribution in [-0.4, -0.2) is 47.9 Å². The highest BCUT2D eigenvalue weighted by Crippen LogP contribution is 2.30. The van der Waals surface area contributed by atoms with Crippen LogP contribution in [0, 0.1) is 10.1 Å². The maximum absolute atomic E-state index is 13.2. The standard InChI is InChI=1S/C20H16Cl2N4O4/c21-14-2-1-13(18(22)12-14)11-17-19(24-7-9-30-10-8-24)23-25(20(17)27)15-3-5-16(6-4-15)26(28)29/h1-6,11-12H,7-10H2/b17-11+. The van der Waals surface area contributed by atoms with E-state index in [0.717, 1.165) is 0 Å². The van der Waals surface area contributed by atoms with Gasteiger partial charge in [-0.15, -0.1) is 5.10 Å². The summed E-state index contributed by atoms with van der Waals surface area (Å²) in [6, 6.07) is 10.7. The summed E-state index contributed by atoms with van der Waals surface area (Å²) in [7, 11) is 0. The number of hydrazone groups is 1. The van der Waals surface area contributed by atoms with Crippen molar-refractivity contribution in [3.05, 3.63) is 73.8 Å². The smallest absolute Gasteiger partial charge is 0.282 e. The number of nitro benzene ring substituents is 1. The maximum Gasteiger partial charge on any atom is 0.282 e. The molecule has 30 heavy (non-hydrogen) atoms. The Hall–Kier alpha value is -2.94. The number of morpholine rings is 1. The van der Waals surface area contributed by atoms with Gasteiger partial charge >= 0.3 is 0 Å². The summed E-state index contributed by atoms with van der Waals surface area (Å²) in [6.45, 7) is 2.23. The monoisotopic (exact) mass is 446 g/mol. The predicted molar refractivity (Wildman–Crippen MR) is 115 cm³/mol. The molecule has 0 radical (unpaired) electrons. The number of nitrogens with zero attached hydrogens (tertiary/aromatic N) is 4. The largest absolute Gasteiger partial charge is 0.378 e. The van der Waals surface area contributed by atoms with E-state index in [-0.39, 0.29) is 11.6 Å². The fourth-order valence-corrected chi connectivity index (χ4v) is 3.67. The number of carbonyl (C=O) groups is 1. The first-order valence-electron chi connectivity index (χ1n) is 9.11. The number of benzene rings is 2. The summed E-state index contributed by atoms with van der Waals surface area (Å²) in [5, 5.41) is 17.6. The molecule has 0 spiro atoms. The second-order valence-electron chi connectivity index (χ2n) is 6.64. The summed E-state index contributed by atoms with van der Waals surface area (Å²) in [6.07, 6.45) is 1.68. The Labute approximate surface area is 182 Å². The fraction of sp³-hybridized carbons (Fsp3) is 0.200. The van der Waals surface area contributed by atoms with E-state index < -0.39 is 4.92 Å². The zero-order chi connectivity index (χ0) is 21.3. The molecule has 154 valence electrons.